The van der Waals surface area contributed by atoms with E-state index in [1.54, 1.807) is 28.4 Å². The molecule has 1 heterocycles. The van der Waals surface area contributed by atoms with Gasteiger partial charge in [-0.1, -0.05) is 6.07 Å². The number of methoxy groups -OCH3 is 4. The minimum absolute atomic E-state index is 0.659. The lowest BCUT2D eigenvalue weighted by Gasteiger charge is -2.34. The van der Waals surface area contributed by atoms with Gasteiger partial charge in [0.15, 0.2) is 11.5 Å². The van der Waals surface area contributed by atoms with Gasteiger partial charge in [0.25, 0.3) is 0 Å². The highest BCUT2D eigenvalue weighted by Crippen LogP contribution is 2.40. The van der Waals surface area contributed by atoms with Gasteiger partial charge in [-0.2, -0.15) is 0 Å². The lowest BCUT2D eigenvalue weighted by Crippen LogP contribution is -2.46. The number of rotatable bonds is 8. The van der Waals surface area contributed by atoms with Gasteiger partial charge in [0, 0.05) is 51.9 Å². The van der Waals surface area contributed by atoms with Crippen LogP contribution >= 0.6 is 0 Å². The molecule has 0 radical (unpaired) electrons. The molecule has 0 amide bonds. The summed E-state index contributed by atoms with van der Waals surface area (Å²) in [6.45, 7) is 6.87. The van der Waals surface area contributed by atoms with Crippen molar-refractivity contribution in [2.45, 2.75) is 6.54 Å². The van der Waals surface area contributed by atoms with Gasteiger partial charge in [-0.3, -0.25) is 9.80 Å². The van der Waals surface area contributed by atoms with Crippen molar-refractivity contribution in [3.8, 4) is 17.2 Å². The Balaban J connectivity index is 2.01. The van der Waals surface area contributed by atoms with E-state index >= 15 is 0 Å². The van der Waals surface area contributed by atoms with Crippen LogP contribution in [-0.2, 0) is 11.3 Å². The van der Waals surface area contributed by atoms with E-state index in [-0.39, 0.29) is 0 Å². The SMILES string of the molecule is COCCN1CCN(Cc2ccc(OC)c(OC)c2OC)CC1. The standard InChI is InChI=1S/C17H28N2O4/c1-20-12-11-18-7-9-19(10-8-18)13-14-5-6-15(21-2)17(23-4)16(14)22-3/h5-6H,7-13H2,1-4H3. The van der Waals surface area contributed by atoms with E-state index in [2.05, 4.69) is 15.9 Å². The van der Waals surface area contributed by atoms with Crippen molar-refractivity contribution in [3.63, 3.8) is 0 Å². The molecule has 0 aromatic heterocycles. The second kappa shape index (κ2) is 8.96. The fourth-order valence-corrected chi connectivity index (χ4v) is 2.92. The van der Waals surface area contributed by atoms with Crippen LogP contribution in [0.3, 0.4) is 0 Å². The first-order valence-electron chi connectivity index (χ1n) is 7.95. The zero-order valence-corrected chi connectivity index (χ0v) is 14.6. The minimum atomic E-state index is 0.659. The summed E-state index contributed by atoms with van der Waals surface area (Å²) >= 11 is 0. The number of nitrogens with zero attached hydrogens (tertiary/aromatic N) is 2. The van der Waals surface area contributed by atoms with E-state index in [0.29, 0.717) is 11.5 Å². The van der Waals surface area contributed by atoms with Crippen molar-refractivity contribution < 1.29 is 18.9 Å². The Morgan fingerprint density at radius 3 is 2.04 bits per heavy atom. The Bertz CT molecular complexity index is 488. The Labute approximate surface area is 138 Å². The zero-order valence-electron chi connectivity index (χ0n) is 14.6. The van der Waals surface area contributed by atoms with E-state index in [4.69, 9.17) is 18.9 Å². The predicted molar refractivity (Wildman–Crippen MR) is 89.7 cm³/mol. The molecule has 6 nitrogen and oxygen atoms in total. The molecule has 1 fully saturated rings. The molecule has 1 aliphatic heterocycles. The summed E-state index contributed by atoms with van der Waals surface area (Å²) in [5, 5.41) is 0. The topological polar surface area (TPSA) is 43.4 Å². The molecular formula is C17H28N2O4. The number of piperazine rings is 1. The number of hydrogen-bond donors (Lipinski definition) is 0. The van der Waals surface area contributed by atoms with Crippen LogP contribution in [0.5, 0.6) is 17.2 Å². The zero-order chi connectivity index (χ0) is 16.7. The van der Waals surface area contributed by atoms with Crippen molar-refractivity contribution in [3.05, 3.63) is 17.7 Å². The molecule has 0 atom stereocenters. The maximum Gasteiger partial charge on any atom is 0.203 e. The van der Waals surface area contributed by atoms with E-state index in [9.17, 15) is 0 Å². The predicted octanol–water partition coefficient (Wildman–Crippen LogP) is 1.48. The van der Waals surface area contributed by atoms with Crippen LogP contribution in [0.1, 0.15) is 5.56 Å². The van der Waals surface area contributed by atoms with Crippen molar-refractivity contribution in [2.24, 2.45) is 0 Å². The molecule has 0 spiro atoms. The summed E-state index contributed by atoms with van der Waals surface area (Å²) in [7, 11) is 6.69. The Kier molecular flexibility index (Phi) is 6.95. The fourth-order valence-electron chi connectivity index (χ4n) is 2.92. The number of ether oxygens (including phenoxy) is 4. The number of benzene rings is 1. The largest absolute Gasteiger partial charge is 0.493 e. The Morgan fingerprint density at radius 2 is 1.48 bits per heavy atom. The molecule has 2 rings (SSSR count). The molecule has 0 N–H and O–H groups in total. The number of hydrogen-bond acceptors (Lipinski definition) is 6. The molecule has 1 aliphatic rings. The molecule has 0 saturated carbocycles. The highest BCUT2D eigenvalue weighted by atomic mass is 16.5. The molecule has 1 aromatic rings. The van der Waals surface area contributed by atoms with Gasteiger partial charge < -0.3 is 18.9 Å². The third kappa shape index (κ3) is 4.50. The minimum Gasteiger partial charge on any atom is -0.493 e. The summed E-state index contributed by atoms with van der Waals surface area (Å²) in [5.41, 5.74) is 1.12. The van der Waals surface area contributed by atoms with Crippen LogP contribution in [0, 0.1) is 0 Å². The van der Waals surface area contributed by atoms with Crippen LogP contribution in [0.15, 0.2) is 12.1 Å². The third-order valence-electron chi connectivity index (χ3n) is 4.26. The summed E-state index contributed by atoms with van der Waals surface area (Å²) < 4.78 is 21.5. The molecule has 0 bridgehead atoms. The molecule has 23 heavy (non-hydrogen) atoms. The quantitative estimate of drug-likeness (QED) is 0.722. The van der Waals surface area contributed by atoms with Crippen LogP contribution in [0.2, 0.25) is 0 Å². The van der Waals surface area contributed by atoms with Crippen LogP contribution in [-0.4, -0.2) is 77.6 Å². The average Bonchev–Trinajstić information content (AvgIpc) is 2.60. The van der Waals surface area contributed by atoms with E-state index in [1.807, 2.05) is 6.07 Å². The smallest absolute Gasteiger partial charge is 0.203 e. The molecule has 0 aliphatic carbocycles. The maximum atomic E-state index is 5.57. The highest BCUT2D eigenvalue weighted by molar-refractivity contribution is 5.55. The van der Waals surface area contributed by atoms with E-state index in [1.165, 1.54) is 0 Å². The first kappa shape index (κ1) is 17.8. The van der Waals surface area contributed by atoms with Crippen LogP contribution in [0.4, 0.5) is 0 Å². The summed E-state index contributed by atoms with van der Waals surface area (Å²) in [5.74, 6) is 2.11. The average molecular weight is 324 g/mol. The van der Waals surface area contributed by atoms with Crippen LogP contribution < -0.4 is 14.2 Å². The summed E-state index contributed by atoms with van der Waals surface area (Å²) in [6, 6.07) is 3.99. The molecule has 1 aromatic carbocycles. The fraction of sp³-hybridized carbons (Fsp3) is 0.647. The van der Waals surface area contributed by atoms with Gasteiger partial charge in [0.1, 0.15) is 0 Å². The van der Waals surface area contributed by atoms with Crippen molar-refractivity contribution in [1.82, 2.24) is 9.80 Å². The normalized spacial score (nSPS) is 16.3. The third-order valence-corrected chi connectivity index (χ3v) is 4.26. The van der Waals surface area contributed by atoms with Crippen LogP contribution in [0.25, 0.3) is 0 Å². The second-order valence-electron chi connectivity index (χ2n) is 5.60. The molecule has 130 valence electrons. The lowest BCUT2D eigenvalue weighted by molar-refractivity contribution is 0.0933. The summed E-state index contributed by atoms with van der Waals surface area (Å²) in [4.78, 5) is 4.87. The lowest BCUT2D eigenvalue weighted by atomic mass is 10.1. The molecule has 1 saturated heterocycles. The van der Waals surface area contributed by atoms with Gasteiger partial charge in [-0.05, 0) is 6.07 Å². The Morgan fingerprint density at radius 1 is 0.826 bits per heavy atom. The first-order chi connectivity index (χ1) is 11.2. The van der Waals surface area contributed by atoms with E-state index in [0.717, 1.165) is 57.2 Å². The van der Waals surface area contributed by atoms with Gasteiger partial charge in [-0.25, -0.2) is 0 Å². The van der Waals surface area contributed by atoms with Crippen molar-refractivity contribution >= 4 is 0 Å². The molecule has 6 heteroatoms. The molecular weight excluding hydrogens is 296 g/mol. The molecule has 0 unspecified atom stereocenters. The van der Waals surface area contributed by atoms with Gasteiger partial charge in [-0.15, -0.1) is 0 Å². The van der Waals surface area contributed by atoms with Crippen molar-refractivity contribution in [1.29, 1.82) is 0 Å². The van der Waals surface area contributed by atoms with Gasteiger partial charge >= 0.3 is 0 Å². The summed E-state index contributed by atoms with van der Waals surface area (Å²) in [6.07, 6.45) is 0. The first-order valence-corrected chi connectivity index (χ1v) is 7.95. The Hall–Kier alpha value is -1.50. The highest BCUT2D eigenvalue weighted by Gasteiger charge is 2.21. The van der Waals surface area contributed by atoms with E-state index < -0.39 is 0 Å². The maximum absolute atomic E-state index is 5.57. The van der Waals surface area contributed by atoms with Gasteiger partial charge in [0.05, 0.1) is 27.9 Å². The van der Waals surface area contributed by atoms with Gasteiger partial charge in [0.2, 0.25) is 5.75 Å². The second-order valence-corrected chi connectivity index (χ2v) is 5.60. The monoisotopic (exact) mass is 324 g/mol. The van der Waals surface area contributed by atoms with Crippen molar-refractivity contribution in [2.75, 3.05) is 67.8 Å².